The molecule has 0 radical (unpaired) electrons. The minimum absolute atomic E-state index is 0.143. The van der Waals surface area contributed by atoms with Crippen molar-refractivity contribution in [1.82, 2.24) is 10.2 Å². The number of nitrogens with zero attached hydrogens (tertiary/aromatic N) is 1. The van der Waals surface area contributed by atoms with Crippen LogP contribution < -0.4 is 5.32 Å². The van der Waals surface area contributed by atoms with E-state index in [1.54, 1.807) is 0 Å². The summed E-state index contributed by atoms with van der Waals surface area (Å²) in [6.07, 6.45) is 6.58. The molecule has 130 valence electrons. The van der Waals surface area contributed by atoms with E-state index in [0.717, 1.165) is 32.2 Å². The highest BCUT2D eigenvalue weighted by Crippen LogP contribution is 2.23. The van der Waals surface area contributed by atoms with Crippen molar-refractivity contribution in [2.45, 2.75) is 104 Å². The summed E-state index contributed by atoms with van der Waals surface area (Å²) >= 11 is 0. The fraction of sp³-hybridized carbons (Fsp3) is 0.944. The van der Waals surface area contributed by atoms with Crippen molar-refractivity contribution in [2.24, 2.45) is 0 Å². The molecule has 0 spiro atoms. The van der Waals surface area contributed by atoms with E-state index in [9.17, 15) is 4.79 Å². The van der Waals surface area contributed by atoms with Gasteiger partial charge in [0, 0.05) is 24.7 Å². The predicted octanol–water partition coefficient (Wildman–Crippen LogP) is 4.33. The van der Waals surface area contributed by atoms with Crippen molar-refractivity contribution in [2.75, 3.05) is 6.54 Å². The molecule has 1 rings (SSSR count). The van der Waals surface area contributed by atoms with E-state index in [2.05, 4.69) is 26.1 Å². The van der Waals surface area contributed by atoms with E-state index in [-0.39, 0.29) is 6.09 Å². The van der Waals surface area contributed by atoms with E-state index >= 15 is 0 Å². The van der Waals surface area contributed by atoms with Crippen LogP contribution in [0.4, 0.5) is 4.79 Å². The van der Waals surface area contributed by atoms with Gasteiger partial charge in [0.15, 0.2) is 0 Å². The van der Waals surface area contributed by atoms with E-state index < -0.39 is 5.60 Å². The summed E-state index contributed by atoms with van der Waals surface area (Å²) in [5, 5.41) is 3.63. The summed E-state index contributed by atoms with van der Waals surface area (Å²) in [4.78, 5) is 14.5. The van der Waals surface area contributed by atoms with Crippen molar-refractivity contribution < 1.29 is 9.53 Å². The molecule has 0 aromatic rings. The molecule has 0 saturated carbocycles. The van der Waals surface area contributed by atoms with Gasteiger partial charge in [-0.2, -0.15) is 0 Å². The first-order valence-electron chi connectivity index (χ1n) is 8.98. The van der Waals surface area contributed by atoms with Gasteiger partial charge in [-0.25, -0.2) is 4.79 Å². The lowest BCUT2D eigenvalue weighted by molar-refractivity contribution is 0.0149. The molecular weight excluding hydrogens is 276 g/mol. The Morgan fingerprint density at radius 2 is 1.91 bits per heavy atom. The minimum atomic E-state index is -0.422. The number of carbonyl (C=O) groups is 1. The van der Waals surface area contributed by atoms with Crippen molar-refractivity contribution in [3.05, 3.63) is 0 Å². The Morgan fingerprint density at radius 1 is 1.23 bits per heavy atom. The molecular formula is C18H36N2O2. The molecule has 4 heteroatoms. The Balaban J connectivity index is 2.67. The van der Waals surface area contributed by atoms with Gasteiger partial charge in [0.1, 0.15) is 5.60 Å². The van der Waals surface area contributed by atoms with Crippen LogP contribution in [0.25, 0.3) is 0 Å². The SMILES string of the molecule is CCC(C)NC(C)CC1CCCCCN1C(=O)OC(C)(C)C. The fourth-order valence-corrected chi connectivity index (χ4v) is 3.06. The molecule has 0 bridgehead atoms. The molecule has 0 aliphatic carbocycles. The molecule has 1 aliphatic rings. The monoisotopic (exact) mass is 312 g/mol. The van der Waals surface area contributed by atoms with Crippen LogP contribution in [0.5, 0.6) is 0 Å². The summed E-state index contributed by atoms with van der Waals surface area (Å²) in [7, 11) is 0. The van der Waals surface area contributed by atoms with Crippen LogP contribution in [0, 0.1) is 0 Å². The third-order valence-corrected chi connectivity index (χ3v) is 4.31. The number of likely N-dealkylation sites (tertiary alicyclic amines) is 1. The maximum Gasteiger partial charge on any atom is 0.410 e. The summed E-state index contributed by atoms with van der Waals surface area (Å²) in [6.45, 7) is 13.3. The Kier molecular flexibility index (Phi) is 7.67. The van der Waals surface area contributed by atoms with Crippen LogP contribution in [-0.4, -0.2) is 41.3 Å². The first-order valence-corrected chi connectivity index (χ1v) is 8.98. The molecule has 3 atom stereocenters. The summed E-state index contributed by atoms with van der Waals surface area (Å²) in [6, 6.07) is 1.24. The van der Waals surface area contributed by atoms with Crippen LogP contribution in [0.3, 0.4) is 0 Å². The highest BCUT2D eigenvalue weighted by Gasteiger charge is 2.30. The Hall–Kier alpha value is -0.770. The van der Waals surface area contributed by atoms with Crippen LogP contribution in [0.2, 0.25) is 0 Å². The van der Waals surface area contributed by atoms with Crippen LogP contribution in [-0.2, 0) is 4.74 Å². The van der Waals surface area contributed by atoms with Gasteiger partial charge in [-0.1, -0.05) is 19.8 Å². The molecule has 4 nitrogen and oxygen atoms in total. The summed E-state index contributed by atoms with van der Waals surface area (Å²) in [5.41, 5.74) is -0.422. The van der Waals surface area contributed by atoms with Gasteiger partial charge >= 0.3 is 6.09 Å². The van der Waals surface area contributed by atoms with E-state index in [1.165, 1.54) is 12.8 Å². The predicted molar refractivity (Wildman–Crippen MR) is 92.2 cm³/mol. The number of hydrogen-bond donors (Lipinski definition) is 1. The average molecular weight is 312 g/mol. The average Bonchev–Trinajstić information content (AvgIpc) is 2.61. The second kappa shape index (κ2) is 8.76. The van der Waals surface area contributed by atoms with E-state index in [4.69, 9.17) is 4.74 Å². The van der Waals surface area contributed by atoms with E-state index in [1.807, 2.05) is 25.7 Å². The quantitative estimate of drug-likeness (QED) is 0.821. The Morgan fingerprint density at radius 3 is 2.50 bits per heavy atom. The first-order chi connectivity index (χ1) is 10.2. The van der Waals surface area contributed by atoms with E-state index in [0.29, 0.717) is 18.1 Å². The Bertz CT molecular complexity index is 338. The van der Waals surface area contributed by atoms with Gasteiger partial charge in [0.05, 0.1) is 0 Å². The largest absolute Gasteiger partial charge is 0.444 e. The first kappa shape index (κ1) is 19.3. The van der Waals surface area contributed by atoms with Crippen LogP contribution >= 0.6 is 0 Å². The zero-order valence-corrected chi connectivity index (χ0v) is 15.4. The van der Waals surface area contributed by atoms with Gasteiger partial charge < -0.3 is 15.0 Å². The van der Waals surface area contributed by atoms with Crippen molar-refractivity contribution in [3.63, 3.8) is 0 Å². The van der Waals surface area contributed by atoms with Gasteiger partial charge in [-0.3, -0.25) is 0 Å². The zero-order chi connectivity index (χ0) is 16.8. The smallest absolute Gasteiger partial charge is 0.410 e. The molecule has 0 aromatic heterocycles. The lowest BCUT2D eigenvalue weighted by Gasteiger charge is -2.34. The minimum Gasteiger partial charge on any atom is -0.444 e. The zero-order valence-electron chi connectivity index (χ0n) is 15.4. The molecule has 1 aliphatic heterocycles. The van der Waals surface area contributed by atoms with Gasteiger partial charge in [-0.05, 0) is 60.3 Å². The highest BCUT2D eigenvalue weighted by molar-refractivity contribution is 5.68. The maximum atomic E-state index is 12.5. The molecule has 1 fully saturated rings. The fourth-order valence-electron chi connectivity index (χ4n) is 3.06. The lowest BCUT2D eigenvalue weighted by atomic mass is 10.0. The second-order valence-corrected chi connectivity index (χ2v) is 7.79. The molecule has 22 heavy (non-hydrogen) atoms. The number of amides is 1. The van der Waals surface area contributed by atoms with Crippen molar-refractivity contribution in [1.29, 1.82) is 0 Å². The number of nitrogens with one attached hydrogen (secondary N) is 1. The lowest BCUT2D eigenvalue weighted by Crippen LogP contribution is -2.46. The number of hydrogen-bond acceptors (Lipinski definition) is 3. The topological polar surface area (TPSA) is 41.6 Å². The number of ether oxygens (including phenoxy) is 1. The Labute approximate surface area is 137 Å². The molecule has 0 aromatic carbocycles. The summed E-state index contributed by atoms with van der Waals surface area (Å²) in [5.74, 6) is 0. The highest BCUT2D eigenvalue weighted by atomic mass is 16.6. The van der Waals surface area contributed by atoms with Gasteiger partial charge in [0.2, 0.25) is 0 Å². The summed E-state index contributed by atoms with van der Waals surface area (Å²) < 4.78 is 5.61. The van der Waals surface area contributed by atoms with Gasteiger partial charge in [-0.15, -0.1) is 0 Å². The third-order valence-electron chi connectivity index (χ3n) is 4.31. The standard InChI is InChI=1S/C18H36N2O2/c1-7-14(2)19-15(3)13-16-11-9-8-10-12-20(16)17(21)22-18(4,5)6/h14-16,19H,7-13H2,1-6H3. The normalized spacial score (nSPS) is 22.8. The maximum absolute atomic E-state index is 12.5. The van der Waals surface area contributed by atoms with Crippen LogP contribution in [0.15, 0.2) is 0 Å². The van der Waals surface area contributed by atoms with Crippen molar-refractivity contribution in [3.8, 4) is 0 Å². The molecule has 1 amide bonds. The van der Waals surface area contributed by atoms with Gasteiger partial charge in [0.25, 0.3) is 0 Å². The molecule has 3 unspecified atom stereocenters. The molecule has 1 heterocycles. The third kappa shape index (κ3) is 6.99. The molecule has 1 saturated heterocycles. The van der Waals surface area contributed by atoms with Crippen molar-refractivity contribution >= 4 is 6.09 Å². The number of rotatable bonds is 5. The van der Waals surface area contributed by atoms with Crippen LogP contribution in [0.1, 0.15) is 80.1 Å². The second-order valence-electron chi connectivity index (χ2n) is 7.79. The molecule has 1 N–H and O–H groups in total. The number of carbonyl (C=O) groups excluding carboxylic acids is 1.